The van der Waals surface area contributed by atoms with E-state index in [0.717, 1.165) is 0 Å². The molecule has 1 heterocycles. The highest BCUT2D eigenvalue weighted by molar-refractivity contribution is 5.98. The maximum atomic E-state index is 12.3. The second-order valence-corrected chi connectivity index (χ2v) is 5.82. The van der Waals surface area contributed by atoms with Crippen molar-refractivity contribution in [3.63, 3.8) is 0 Å². The number of Topliss-reactive ketones (excluding diaryl/α,β-unsaturated/α-hetero) is 1. The molecule has 0 spiro atoms. The Kier molecular flexibility index (Phi) is 5.88. The molecule has 0 unspecified atom stereocenters. The molecule has 0 bridgehead atoms. The van der Waals surface area contributed by atoms with E-state index in [4.69, 9.17) is 28.4 Å². The molecule has 2 aromatic rings. The van der Waals surface area contributed by atoms with Crippen molar-refractivity contribution < 1.29 is 38.0 Å². The van der Waals surface area contributed by atoms with Gasteiger partial charge in [-0.05, 0) is 24.3 Å². The van der Waals surface area contributed by atoms with E-state index in [0.29, 0.717) is 39.9 Å². The number of carbonyl (C=O) groups is 2. The Morgan fingerprint density at radius 3 is 2.39 bits per heavy atom. The van der Waals surface area contributed by atoms with Gasteiger partial charge < -0.3 is 28.4 Å². The molecule has 1 aliphatic rings. The van der Waals surface area contributed by atoms with Crippen LogP contribution in [0.1, 0.15) is 15.9 Å². The van der Waals surface area contributed by atoms with Crippen LogP contribution in [0.15, 0.2) is 30.3 Å². The number of hydrogen-bond acceptors (Lipinski definition) is 8. The smallest absolute Gasteiger partial charge is 0.310 e. The summed E-state index contributed by atoms with van der Waals surface area (Å²) in [4.78, 5) is 24.5. The van der Waals surface area contributed by atoms with E-state index in [1.807, 2.05) is 0 Å². The van der Waals surface area contributed by atoms with Crippen molar-refractivity contribution in [1.29, 1.82) is 0 Å². The number of benzene rings is 2. The first-order valence-electron chi connectivity index (χ1n) is 8.43. The topological polar surface area (TPSA) is 89.5 Å². The first-order chi connectivity index (χ1) is 13.6. The van der Waals surface area contributed by atoms with Crippen molar-refractivity contribution in [1.82, 2.24) is 0 Å². The van der Waals surface area contributed by atoms with Crippen LogP contribution in [-0.2, 0) is 16.0 Å². The highest BCUT2D eigenvalue weighted by atomic mass is 16.7. The van der Waals surface area contributed by atoms with Crippen LogP contribution in [-0.4, -0.2) is 46.5 Å². The van der Waals surface area contributed by atoms with Gasteiger partial charge in [-0.1, -0.05) is 6.07 Å². The van der Waals surface area contributed by atoms with Gasteiger partial charge in [0.05, 0.1) is 27.8 Å². The number of methoxy groups -OCH3 is 3. The number of esters is 1. The molecule has 8 heteroatoms. The fourth-order valence-corrected chi connectivity index (χ4v) is 2.81. The summed E-state index contributed by atoms with van der Waals surface area (Å²) in [6.07, 6.45) is -0.0854. The Balaban J connectivity index is 1.64. The molecule has 0 saturated carbocycles. The molecule has 0 aliphatic carbocycles. The molecule has 8 nitrogen and oxygen atoms in total. The van der Waals surface area contributed by atoms with Gasteiger partial charge >= 0.3 is 5.97 Å². The van der Waals surface area contributed by atoms with Crippen LogP contribution >= 0.6 is 0 Å². The molecule has 1 aliphatic heterocycles. The van der Waals surface area contributed by atoms with Crippen LogP contribution in [0.2, 0.25) is 0 Å². The second kappa shape index (κ2) is 8.51. The number of ether oxygens (including phenoxy) is 6. The number of carbonyl (C=O) groups excluding carboxylic acids is 2. The molecule has 28 heavy (non-hydrogen) atoms. The highest BCUT2D eigenvalue weighted by Gasteiger charge is 2.20. The summed E-state index contributed by atoms with van der Waals surface area (Å²) in [5.41, 5.74) is 0.932. The molecule has 2 aromatic carbocycles. The summed E-state index contributed by atoms with van der Waals surface area (Å²) in [6, 6.07) is 8.16. The monoisotopic (exact) mass is 388 g/mol. The van der Waals surface area contributed by atoms with Crippen LogP contribution in [0, 0.1) is 0 Å². The molecule has 0 saturated heterocycles. The fourth-order valence-electron chi connectivity index (χ4n) is 2.81. The molecule has 148 valence electrons. The Morgan fingerprint density at radius 2 is 1.68 bits per heavy atom. The zero-order valence-electron chi connectivity index (χ0n) is 15.8. The Hall–Kier alpha value is -3.42. The van der Waals surface area contributed by atoms with Crippen LogP contribution in [0.25, 0.3) is 0 Å². The first kappa shape index (κ1) is 19.3. The predicted molar refractivity (Wildman–Crippen MR) is 97.7 cm³/mol. The molecule has 0 atom stereocenters. The second-order valence-electron chi connectivity index (χ2n) is 5.82. The summed E-state index contributed by atoms with van der Waals surface area (Å²) >= 11 is 0. The average Bonchev–Trinajstić information content (AvgIpc) is 3.19. The standard InChI is InChI=1S/C20H20O8/c1-23-16-7-5-13(19(24-2)20(16)25-3)9-18(22)26-10-14(21)12-4-6-15-17(8-12)28-11-27-15/h4-8H,9-11H2,1-3H3. The molecule has 0 fully saturated rings. The Labute approximate surface area is 161 Å². The van der Waals surface area contributed by atoms with Gasteiger partial charge in [-0.2, -0.15) is 0 Å². The lowest BCUT2D eigenvalue weighted by Crippen LogP contribution is -2.16. The fraction of sp³-hybridized carbons (Fsp3) is 0.300. The minimum atomic E-state index is -0.570. The minimum absolute atomic E-state index is 0.0854. The Bertz CT molecular complexity index is 890. The van der Waals surface area contributed by atoms with Gasteiger partial charge in [0.15, 0.2) is 35.4 Å². The van der Waals surface area contributed by atoms with Crippen molar-refractivity contribution in [2.75, 3.05) is 34.7 Å². The number of hydrogen-bond donors (Lipinski definition) is 0. The summed E-state index contributed by atoms with van der Waals surface area (Å²) in [5.74, 6) is 1.40. The summed E-state index contributed by atoms with van der Waals surface area (Å²) in [7, 11) is 4.45. The van der Waals surface area contributed by atoms with Crippen molar-refractivity contribution in [2.45, 2.75) is 6.42 Å². The van der Waals surface area contributed by atoms with Gasteiger partial charge in [0.1, 0.15) is 0 Å². The first-order valence-corrected chi connectivity index (χ1v) is 8.43. The van der Waals surface area contributed by atoms with Gasteiger partial charge in [0.2, 0.25) is 12.5 Å². The van der Waals surface area contributed by atoms with E-state index in [2.05, 4.69) is 0 Å². The quantitative estimate of drug-likeness (QED) is 0.503. The molecule has 0 radical (unpaired) electrons. The van der Waals surface area contributed by atoms with Crippen molar-refractivity contribution >= 4 is 11.8 Å². The van der Waals surface area contributed by atoms with E-state index in [1.54, 1.807) is 30.3 Å². The molecular formula is C20H20O8. The Morgan fingerprint density at radius 1 is 0.929 bits per heavy atom. The third-order valence-electron chi connectivity index (χ3n) is 4.18. The largest absolute Gasteiger partial charge is 0.493 e. The number of ketones is 1. The highest BCUT2D eigenvalue weighted by Crippen LogP contribution is 2.40. The van der Waals surface area contributed by atoms with E-state index >= 15 is 0 Å². The van der Waals surface area contributed by atoms with Gasteiger partial charge in [-0.25, -0.2) is 0 Å². The molecule has 0 N–H and O–H groups in total. The maximum Gasteiger partial charge on any atom is 0.310 e. The zero-order chi connectivity index (χ0) is 20.1. The number of fused-ring (bicyclic) bond motifs is 1. The molecular weight excluding hydrogens is 368 g/mol. The zero-order valence-corrected chi connectivity index (χ0v) is 15.8. The maximum absolute atomic E-state index is 12.3. The van der Waals surface area contributed by atoms with Crippen LogP contribution in [0.5, 0.6) is 28.7 Å². The van der Waals surface area contributed by atoms with E-state index < -0.39 is 5.97 Å². The molecule has 0 amide bonds. The minimum Gasteiger partial charge on any atom is -0.493 e. The predicted octanol–water partition coefficient (Wildman–Crippen LogP) is 2.41. The average molecular weight is 388 g/mol. The van der Waals surface area contributed by atoms with Gasteiger partial charge in [-0.15, -0.1) is 0 Å². The van der Waals surface area contributed by atoms with Gasteiger partial charge in [-0.3, -0.25) is 9.59 Å². The van der Waals surface area contributed by atoms with Gasteiger partial charge in [0, 0.05) is 11.1 Å². The van der Waals surface area contributed by atoms with E-state index in [9.17, 15) is 9.59 Å². The van der Waals surface area contributed by atoms with Gasteiger partial charge in [0.25, 0.3) is 0 Å². The van der Waals surface area contributed by atoms with E-state index in [-0.39, 0.29) is 25.6 Å². The number of rotatable bonds is 8. The normalized spacial score (nSPS) is 11.7. The van der Waals surface area contributed by atoms with E-state index in [1.165, 1.54) is 21.3 Å². The third kappa shape index (κ3) is 3.95. The summed E-state index contributed by atoms with van der Waals surface area (Å²) in [5, 5.41) is 0. The van der Waals surface area contributed by atoms with Crippen molar-refractivity contribution in [3.8, 4) is 28.7 Å². The van der Waals surface area contributed by atoms with Crippen molar-refractivity contribution in [2.24, 2.45) is 0 Å². The lowest BCUT2D eigenvalue weighted by molar-refractivity contribution is -0.141. The van der Waals surface area contributed by atoms with Crippen molar-refractivity contribution in [3.05, 3.63) is 41.5 Å². The lowest BCUT2D eigenvalue weighted by atomic mass is 10.1. The molecule has 0 aromatic heterocycles. The van der Waals surface area contributed by atoms with Crippen LogP contribution < -0.4 is 23.7 Å². The lowest BCUT2D eigenvalue weighted by Gasteiger charge is -2.15. The summed E-state index contributed by atoms with van der Waals surface area (Å²) < 4.78 is 31.4. The van der Waals surface area contributed by atoms with Crippen LogP contribution in [0.3, 0.4) is 0 Å². The third-order valence-corrected chi connectivity index (χ3v) is 4.18. The summed E-state index contributed by atoms with van der Waals surface area (Å²) in [6.45, 7) is -0.261. The SMILES string of the molecule is COc1ccc(CC(=O)OCC(=O)c2ccc3c(c2)OCO3)c(OC)c1OC. The van der Waals surface area contributed by atoms with Crippen LogP contribution in [0.4, 0.5) is 0 Å². The molecule has 3 rings (SSSR count).